The van der Waals surface area contributed by atoms with E-state index in [9.17, 15) is 0 Å². The van der Waals surface area contributed by atoms with E-state index in [0.717, 1.165) is 0 Å². The molecule has 0 amide bonds. The zero-order valence-electron chi connectivity index (χ0n) is 34.4. The lowest BCUT2D eigenvalue weighted by Gasteiger charge is -2.29. The third-order valence-corrected chi connectivity index (χ3v) is 11.8. The Labute approximate surface area is 311 Å². The van der Waals surface area contributed by atoms with Gasteiger partial charge in [-0.3, -0.25) is 0 Å². The molecule has 0 atom stereocenters. The van der Waals surface area contributed by atoms with Crippen molar-refractivity contribution >= 4 is 0 Å². The molecule has 0 fully saturated rings. The number of hydrogen-bond acceptors (Lipinski definition) is 0. The SMILES string of the molecule is CCCCCCCCCCCCCCCCCCC(CCCCCCCCCCCC)(CCCCCCCCCCCC)[n+]1ccccc1. The first-order valence-corrected chi connectivity index (χ1v) is 23.3. The summed E-state index contributed by atoms with van der Waals surface area (Å²) >= 11 is 0. The van der Waals surface area contributed by atoms with E-state index in [2.05, 4.69) is 55.9 Å². The van der Waals surface area contributed by atoms with Gasteiger partial charge in [0.25, 0.3) is 0 Å². The van der Waals surface area contributed by atoms with Gasteiger partial charge in [0.2, 0.25) is 0 Å². The molecule has 0 spiro atoms. The fraction of sp³-hybridized carbons (Fsp3) is 0.896. The Bertz CT molecular complexity index is 717. The smallest absolute Gasteiger partial charge is 0.169 e. The molecule has 49 heavy (non-hydrogen) atoms. The first-order valence-electron chi connectivity index (χ1n) is 23.3. The van der Waals surface area contributed by atoms with E-state index < -0.39 is 0 Å². The van der Waals surface area contributed by atoms with Crippen molar-refractivity contribution in [1.82, 2.24) is 0 Å². The molecule has 1 aromatic heterocycles. The minimum Gasteiger partial charge on any atom is -0.200 e. The highest BCUT2D eigenvalue weighted by atomic mass is 15.0. The van der Waals surface area contributed by atoms with Crippen molar-refractivity contribution in [3.63, 3.8) is 0 Å². The fourth-order valence-corrected chi connectivity index (χ4v) is 8.36. The molecule has 1 rings (SSSR count). The molecule has 1 heteroatoms. The number of pyridine rings is 1. The molecule has 0 bridgehead atoms. The third-order valence-electron chi connectivity index (χ3n) is 11.8. The molecule has 0 aliphatic rings. The second kappa shape index (κ2) is 36.9. The van der Waals surface area contributed by atoms with Crippen molar-refractivity contribution in [1.29, 1.82) is 0 Å². The molecular formula is C48H92N+. The standard InChI is InChI=1S/C48H92N/c1-4-7-10-13-16-19-22-23-24-25-26-27-30-33-36-40-45-48(49-46-41-37-42-47-49,43-38-34-31-28-20-17-14-11-8-5-2)44-39-35-32-29-21-18-15-12-9-6-3/h37,41-42,46-47H,4-36,38-40,43-45H2,1-3H3/q+1. The highest BCUT2D eigenvalue weighted by Gasteiger charge is 2.37. The Balaban J connectivity index is 2.45. The van der Waals surface area contributed by atoms with Gasteiger partial charge in [-0.15, -0.1) is 0 Å². The van der Waals surface area contributed by atoms with E-state index in [4.69, 9.17) is 0 Å². The van der Waals surface area contributed by atoms with E-state index in [0.29, 0.717) is 5.54 Å². The van der Waals surface area contributed by atoms with Crippen LogP contribution in [0.4, 0.5) is 0 Å². The lowest BCUT2D eigenvalue weighted by Crippen LogP contribution is -2.55. The number of rotatable bonds is 40. The summed E-state index contributed by atoms with van der Waals surface area (Å²) in [5, 5.41) is 0. The second-order valence-electron chi connectivity index (χ2n) is 16.4. The molecule has 1 heterocycles. The van der Waals surface area contributed by atoms with Crippen LogP contribution in [0.15, 0.2) is 30.6 Å². The minimum atomic E-state index is 0.331. The molecule has 0 aliphatic carbocycles. The van der Waals surface area contributed by atoms with Gasteiger partial charge < -0.3 is 0 Å². The van der Waals surface area contributed by atoms with Crippen LogP contribution >= 0.6 is 0 Å². The Morgan fingerprint density at radius 3 is 0.694 bits per heavy atom. The summed E-state index contributed by atoms with van der Waals surface area (Å²) in [5.41, 5.74) is 0.331. The summed E-state index contributed by atoms with van der Waals surface area (Å²) in [5.74, 6) is 0. The maximum Gasteiger partial charge on any atom is 0.169 e. The van der Waals surface area contributed by atoms with Gasteiger partial charge in [0, 0.05) is 31.4 Å². The predicted molar refractivity (Wildman–Crippen MR) is 222 cm³/mol. The highest BCUT2D eigenvalue weighted by Crippen LogP contribution is 2.32. The van der Waals surface area contributed by atoms with Crippen molar-refractivity contribution in [3.8, 4) is 0 Å². The third kappa shape index (κ3) is 28.4. The molecule has 0 N–H and O–H groups in total. The average Bonchev–Trinajstić information content (AvgIpc) is 3.13. The normalized spacial score (nSPS) is 11.9. The second-order valence-corrected chi connectivity index (χ2v) is 16.4. The summed E-state index contributed by atoms with van der Waals surface area (Å²) in [7, 11) is 0. The van der Waals surface area contributed by atoms with Crippen molar-refractivity contribution in [2.45, 2.75) is 277 Å². The molecule has 0 saturated carbocycles. The Hall–Kier alpha value is -0.850. The van der Waals surface area contributed by atoms with E-state index in [1.165, 1.54) is 250 Å². The maximum atomic E-state index is 2.68. The van der Waals surface area contributed by atoms with Crippen LogP contribution in [0.3, 0.4) is 0 Å². The van der Waals surface area contributed by atoms with Crippen LogP contribution in [0.2, 0.25) is 0 Å². The molecule has 288 valence electrons. The molecule has 1 nitrogen and oxygen atoms in total. The van der Waals surface area contributed by atoms with Crippen molar-refractivity contribution < 1.29 is 4.57 Å². The molecule has 0 aliphatic heterocycles. The van der Waals surface area contributed by atoms with Crippen LogP contribution in [0.25, 0.3) is 0 Å². The molecule has 0 unspecified atom stereocenters. The number of hydrogen-bond donors (Lipinski definition) is 0. The predicted octanol–water partition coefficient (Wildman–Crippen LogP) is 16.9. The highest BCUT2D eigenvalue weighted by molar-refractivity contribution is 4.86. The minimum absolute atomic E-state index is 0.331. The lowest BCUT2D eigenvalue weighted by molar-refractivity contribution is -0.768. The van der Waals surface area contributed by atoms with Crippen molar-refractivity contribution in [2.75, 3.05) is 0 Å². The van der Waals surface area contributed by atoms with Crippen LogP contribution in [0.5, 0.6) is 0 Å². The number of unbranched alkanes of at least 4 members (excludes halogenated alkanes) is 33. The monoisotopic (exact) mass is 683 g/mol. The van der Waals surface area contributed by atoms with Gasteiger partial charge in [0.1, 0.15) is 0 Å². The number of nitrogens with zero attached hydrogens (tertiary/aromatic N) is 1. The number of aromatic nitrogens is 1. The van der Waals surface area contributed by atoms with E-state index in [-0.39, 0.29) is 0 Å². The van der Waals surface area contributed by atoms with Crippen LogP contribution < -0.4 is 4.57 Å². The Morgan fingerprint density at radius 1 is 0.265 bits per heavy atom. The molecular weight excluding hydrogens is 591 g/mol. The average molecular weight is 683 g/mol. The summed E-state index contributed by atoms with van der Waals surface area (Å²) in [4.78, 5) is 0. The Morgan fingerprint density at radius 2 is 0.469 bits per heavy atom. The van der Waals surface area contributed by atoms with E-state index in [1.807, 2.05) is 0 Å². The van der Waals surface area contributed by atoms with Gasteiger partial charge in [-0.25, -0.2) is 0 Å². The summed E-state index contributed by atoms with van der Waals surface area (Å²) in [6.45, 7) is 6.96. The summed E-state index contributed by atoms with van der Waals surface area (Å²) in [6, 6.07) is 6.80. The van der Waals surface area contributed by atoms with Gasteiger partial charge >= 0.3 is 0 Å². The van der Waals surface area contributed by atoms with E-state index in [1.54, 1.807) is 0 Å². The van der Waals surface area contributed by atoms with Gasteiger partial charge in [0.05, 0.1) is 0 Å². The first kappa shape index (κ1) is 46.2. The van der Waals surface area contributed by atoms with Crippen LogP contribution in [0.1, 0.15) is 271 Å². The van der Waals surface area contributed by atoms with Gasteiger partial charge in [-0.1, -0.05) is 239 Å². The van der Waals surface area contributed by atoms with Crippen LogP contribution in [-0.4, -0.2) is 0 Å². The zero-order chi connectivity index (χ0) is 35.2. The molecule has 0 radical (unpaired) electrons. The molecule has 0 aromatic carbocycles. The molecule has 0 saturated heterocycles. The van der Waals surface area contributed by atoms with Gasteiger partial charge in [-0.2, -0.15) is 4.57 Å². The topological polar surface area (TPSA) is 3.88 Å². The first-order chi connectivity index (χ1) is 24.3. The van der Waals surface area contributed by atoms with Crippen molar-refractivity contribution in [2.24, 2.45) is 0 Å². The quantitative estimate of drug-likeness (QED) is 0.0479. The van der Waals surface area contributed by atoms with Crippen LogP contribution in [-0.2, 0) is 5.54 Å². The van der Waals surface area contributed by atoms with Gasteiger partial charge in [-0.05, 0) is 19.3 Å². The van der Waals surface area contributed by atoms with Gasteiger partial charge in [0.15, 0.2) is 17.9 Å². The van der Waals surface area contributed by atoms with E-state index >= 15 is 0 Å². The fourth-order valence-electron chi connectivity index (χ4n) is 8.36. The maximum absolute atomic E-state index is 2.68. The summed E-state index contributed by atoms with van der Waals surface area (Å²) < 4.78 is 2.68. The zero-order valence-corrected chi connectivity index (χ0v) is 34.4. The largest absolute Gasteiger partial charge is 0.200 e. The van der Waals surface area contributed by atoms with Crippen molar-refractivity contribution in [3.05, 3.63) is 30.6 Å². The summed E-state index contributed by atoms with van der Waals surface area (Å²) in [6.07, 6.45) is 61.0. The van der Waals surface area contributed by atoms with Crippen LogP contribution in [0, 0.1) is 0 Å². The molecule has 1 aromatic rings. The Kier molecular flexibility index (Phi) is 34.8. The lowest BCUT2D eigenvalue weighted by atomic mass is 9.81.